The number of para-hydroxylation sites is 2. The van der Waals surface area contributed by atoms with Gasteiger partial charge in [0, 0.05) is 34.2 Å². The van der Waals surface area contributed by atoms with Gasteiger partial charge in [0.1, 0.15) is 5.82 Å². The van der Waals surface area contributed by atoms with E-state index in [1.807, 2.05) is 36.7 Å². The zero-order chi connectivity index (χ0) is 15.2. The molecule has 0 radical (unpaired) electrons. The Bertz CT molecular complexity index is 972. The lowest BCUT2D eigenvalue weighted by atomic mass is 10.2. The smallest absolute Gasteiger partial charge is 0.162 e. The van der Waals surface area contributed by atoms with Gasteiger partial charge in [0.25, 0.3) is 0 Å². The summed E-state index contributed by atoms with van der Waals surface area (Å²) < 4.78 is 2.07. The minimum Gasteiger partial charge on any atom is -0.352 e. The van der Waals surface area contributed by atoms with E-state index in [4.69, 9.17) is 0 Å². The highest BCUT2D eigenvalue weighted by Gasteiger charge is 2.12. The van der Waals surface area contributed by atoms with Crippen molar-refractivity contribution in [3.05, 3.63) is 73.1 Å². The third kappa shape index (κ3) is 1.89. The summed E-state index contributed by atoms with van der Waals surface area (Å²) >= 11 is 0. The molecule has 0 bridgehead atoms. The number of imidazole rings is 1. The second-order valence-corrected chi connectivity index (χ2v) is 5.63. The molecule has 0 fully saturated rings. The summed E-state index contributed by atoms with van der Waals surface area (Å²) in [6, 6.07) is 20.8. The van der Waals surface area contributed by atoms with Crippen molar-refractivity contribution < 1.29 is 0 Å². The van der Waals surface area contributed by atoms with E-state index in [1.165, 1.54) is 10.8 Å². The van der Waals surface area contributed by atoms with Crippen LogP contribution < -0.4 is 0 Å². The van der Waals surface area contributed by atoms with Gasteiger partial charge in [-0.3, -0.25) is 4.57 Å². The van der Waals surface area contributed by atoms with Gasteiger partial charge in [-0.1, -0.05) is 36.4 Å². The van der Waals surface area contributed by atoms with Crippen LogP contribution in [-0.2, 0) is 0 Å². The van der Waals surface area contributed by atoms with Gasteiger partial charge in [-0.25, -0.2) is 4.98 Å². The van der Waals surface area contributed by atoms with Crippen LogP contribution in [0, 0.1) is 0 Å². The molecular formula is C19H14N4. The maximum Gasteiger partial charge on any atom is 0.162 e. The Morgan fingerprint density at radius 3 is 2.22 bits per heavy atom. The maximum absolute atomic E-state index is 4.54. The fraction of sp³-hybridized carbons (Fsp3) is 0. The zero-order valence-corrected chi connectivity index (χ0v) is 12.3. The topological polar surface area (TPSA) is 49.4 Å². The number of aromatic nitrogens is 4. The van der Waals surface area contributed by atoms with Crippen molar-refractivity contribution in [3.8, 4) is 17.3 Å². The van der Waals surface area contributed by atoms with Crippen LogP contribution >= 0.6 is 0 Å². The number of H-pyrrole nitrogens is 2. The molecule has 0 aliphatic carbocycles. The summed E-state index contributed by atoms with van der Waals surface area (Å²) in [5.41, 5.74) is 3.25. The van der Waals surface area contributed by atoms with Crippen molar-refractivity contribution in [1.29, 1.82) is 0 Å². The predicted octanol–water partition coefficient (Wildman–Crippen LogP) is 4.50. The van der Waals surface area contributed by atoms with E-state index in [1.54, 1.807) is 0 Å². The van der Waals surface area contributed by atoms with E-state index in [0.717, 1.165) is 28.4 Å². The lowest BCUT2D eigenvalue weighted by Gasteiger charge is -2.03. The van der Waals surface area contributed by atoms with Crippen LogP contribution in [0.25, 0.3) is 39.1 Å². The summed E-state index contributed by atoms with van der Waals surface area (Å²) in [7, 11) is 0. The molecule has 23 heavy (non-hydrogen) atoms. The van der Waals surface area contributed by atoms with Crippen LogP contribution in [0.15, 0.2) is 73.1 Å². The average molecular weight is 298 g/mol. The monoisotopic (exact) mass is 298 g/mol. The normalized spacial score (nSPS) is 11.5. The van der Waals surface area contributed by atoms with Gasteiger partial charge in [-0.05, 0) is 24.3 Å². The molecular weight excluding hydrogens is 284 g/mol. The molecule has 0 spiro atoms. The molecule has 0 atom stereocenters. The van der Waals surface area contributed by atoms with Gasteiger partial charge in [0.2, 0.25) is 0 Å². The Labute approximate surface area is 132 Å². The first-order valence-electron chi connectivity index (χ1n) is 7.58. The maximum atomic E-state index is 4.54. The molecule has 3 aromatic heterocycles. The number of hydrogen-bond donors (Lipinski definition) is 2. The molecule has 0 aliphatic rings. The number of hydrogen-bond acceptors (Lipinski definition) is 1. The Morgan fingerprint density at radius 1 is 0.783 bits per heavy atom. The van der Waals surface area contributed by atoms with Crippen LogP contribution in [0.4, 0.5) is 0 Å². The molecule has 5 rings (SSSR count). The molecule has 0 aliphatic heterocycles. The van der Waals surface area contributed by atoms with Crippen molar-refractivity contribution in [3.63, 3.8) is 0 Å². The summed E-state index contributed by atoms with van der Waals surface area (Å²) in [5.74, 6) is 1.91. The Morgan fingerprint density at radius 2 is 1.48 bits per heavy atom. The molecule has 3 heterocycles. The van der Waals surface area contributed by atoms with E-state index in [-0.39, 0.29) is 0 Å². The molecule has 2 N–H and O–H groups in total. The summed E-state index contributed by atoms with van der Waals surface area (Å²) in [4.78, 5) is 11.4. The van der Waals surface area contributed by atoms with Gasteiger partial charge >= 0.3 is 0 Å². The first kappa shape index (κ1) is 12.3. The molecule has 0 amide bonds. The van der Waals surface area contributed by atoms with Crippen LogP contribution in [0.1, 0.15) is 0 Å². The van der Waals surface area contributed by atoms with E-state index in [0.29, 0.717) is 0 Å². The van der Waals surface area contributed by atoms with Crippen LogP contribution in [0.3, 0.4) is 0 Å². The Kier molecular flexibility index (Phi) is 2.46. The highest BCUT2D eigenvalue weighted by Crippen LogP contribution is 2.26. The zero-order valence-electron chi connectivity index (χ0n) is 12.3. The third-order valence-corrected chi connectivity index (χ3v) is 4.19. The Balaban J connectivity index is 1.69. The number of aromatic amines is 2. The van der Waals surface area contributed by atoms with Crippen LogP contribution in [0.2, 0.25) is 0 Å². The average Bonchev–Trinajstić information content (AvgIpc) is 3.30. The van der Waals surface area contributed by atoms with Crippen molar-refractivity contribution >= 4 is 21.8 Å². The quantitative estimate of drug-likeness (QED) is 0.495. The van der Waals surface area contributed by atoms with Crippen LogP contribution in [0.5, 0.6) is 0 Å². The molecule has 0 saturated heterocycles. The fourth-order valence-corrected chi connectivity index (χ4v) is 3.08. The van der Waals surface area contributed by atoms with Crippen LogP contribution in [-0.4, -0.2) is 19.5 Å². The minimum atomic E-state index is 0.896. The van der Waals surface area contributed by atoms with Gasteiger partial charge in [-0.15, -0.1) is 0 Å². The minimum absolute atomic E-state index is 0.896. The van der Waals surface area contributed by atoms with E-state index < -0.39 is 0 Å². The van der Waals surface area contributed by atoms with Gasteiger partial charge in [0.15, 0.2) is 5.82 Å². The van der Waals surface area contributed by atoms with E-state index >= 15 is 0 Å². The highest BCUT2D eigenvalue weighted by molar-refractivity contribution is 5.85. The first-order valence-corrected chi connectivity index (χ1v) is 7.58. The van der Waals surface area contributed by atoms with Gasteiger partial charge in [-0.2, -0.15) is 0 Å². The van der Waals surface area contributed by atoms with E-state index in [2.05, 4.69) is 55.9 Å². The molecule has 5 aromatic rings. The predicted molar refractivity (Wildman–Crippen MR) is 92.7 cm³/mol. The lowest BCUT2D eigenvalue weighted by Crippen LogP contribution is -1.96. The second-order valence-electron chi connectivity index (χ2n) is 5.63. The van der Waals surface area contributed by atoms with Crippen molar-refractivity contribution in [2.24, 2.45) is 0 Å². The molecule has 0 saturated carbocycles. The number of benzene rings is 2. The van der Waals surface area contributed by atoms with Crippen molar-refractivity contribution in [2.45, 2.75) is 0 Å². The van der Waals surface area contributed by atoms with Gasteiger partial charge < -0.3 is 9.97 Å². The van der Waals surface area contributed by atoms with E-state index in [9.17, 15) is 0 Å². The number of nitrogens with zero attached hydrogens (tertiary/aromatic N) is 2. The molecule has 4 heteroatoms. The summed E-state index contributed by atoms with van der Waals surface area (Å²) in [6.45, 7) is 0. The Hall–Kier alpha value is -3.27. The molecule has 2 aromatic carbocycles. The number of nitrogens with one attached hydrogen (secondary N) is 2. The van der Waals surface area contributed by atoms with Crippen molar-refractivity contribution in [1.82, 2.24) is 19.5 Å². The SMILES string of the molecule is c1ccc2[nH]c(-c3nccn3-c3cc4ccccc4[nH]3)cc2c1. The molecule has 0 unspecified atom stereocenters. The van der Waals surface area contributed by atoms with Gasteiger partial charge in [0.05, 0.1) is 5.69 Å². The highest BCUT2D eigenvalue weighted by atomic mass is 15.1. The fourth-order valence-electron chi connectivity index (χ4n) is 3.08. The molecule has 110 valence electrons. The largest absolute Gasteiger partial charge is 0.352 e. The summed E-state index contributed by atoms with van der Waals surface area (Å²) in [6.07, 6.45) is 3.80. The standard InChI is InChI=1S/C19H14N4/c1-3-7-15-13(5-1)11-17(21-15)19-20-9-10-23(19)18-12-14-6-2-4-8-16(14)22-18/h1-12,21-22H. The van der Waals surface area contributed by atoms with Crippen molar-refractivity contribution in [2.75, 3.05) is 0 Å². The lowest BCUT2D eigenvalue weighted by molar-refractivity contribution is 1.02. The molecule has 4 nitrogen and oxygen atoms in total. The summed E-state index contributed by atoms with van der Waals surface area (Å²) in [5, 5.41) is 2.38. The second kappa shape index (κ2) is 4.61. The third-order valence-electron chi connectivity index (χ3n) is 4.19. The number of fused-ring (bicyclic) bond motifs is 2. The first-order chi connectivity index (χ1) is 11.4. The number of rotatable bonds is 2.